The van der Waals surface area contributed by atoms with Crippen LogP contribution in [0.2, 0.25) is 0 Å². The van der Waals surface area contributed by atoms with Crippen molar-refractivity contribution in [3.63, 3.8) is 0 Å². The van der Waals surface area contributed by atoms with E-state index < -0.39 is 0 Å². The Hall–Kier alpha value is -1.35. The van der Waals surface area contributed by atoms with Crippen LogP contribution in [0.25, 0.3) is 0 Å². The van der Waals surface area contributed by atoms with Gasteiger partial charge in [-0.2, -0.15) is 0 Å². The minimum atomic E-state index is -0.246. The maximum Gasteiger partial charge on any atom is 0.316 e. The SMILES string of the molecule is CC(C=CC1=C(C)CCCC1(C)C)=C/C=C\C(C)=CCOC(=O)CBr. The van der Waals surface area contributed by atoms with Crippen molar-refractivity contribution < 1.29 is 9.53 Å². The summed E-state index contributed by atoms with van der Waals surface area (Å²) in [5, 5.41) is 0.233. The molecule has 0 heterocycles. The maximum atomic E-state index is 11.0. The highest BCUT2D eigenvalue weighted by Gasteiger charge is 2.26. The number of halogens is 1. The van der Waals surface area contributed by atoms with Gasteiger partial charge in [0.15, 0.2) is 0 Å². The second-order valence-electron chi connectivity index (χ2n) is 7.30. The molecule has 0 bridgehead atoms. The summed E-state index contributed by atoms with van der Waals surface area (Å²) in [6.45, 7) is 11.4. The minimum Gasteiger partial charge on any atom is -0.461 e. The average molecular weight is 407 g/mol. The summed E-state index contributed by atoms with van der Waals surface area (Å²) in [7, 11) is 0. The van der Waals surface area contributed by atoms with Crippen molar-refractivity contribution in [2.24, 2.45) is 5.41 Å². The second kappa shape index (κ2) is 10.6. The van der Waals surface area contributed by atoms with Gasteiger partial charge in [-0.15, -0.1) is 0 Å². The molecule has 1 rings (SSSR count). The van der Waals surface area contributed by atoms with Gasteiger partial charge in [-0.3, -0.25) is 4.79 Å². The van der Waals surface area contributed by atoms with E-state index in [-0.39, 0.29) is 16.7 Å². The van der Waals surface area contributed by atoms with Gasteiger partial charge in [-0.1, -0.05) is 76.9 Å². The van der Waals surface area contributed by atoms with Gasteiger partial charge < -0.3 is 4.74 Å². The monoisotopic (exact) mass is 406 g/mol. The Labute approximate surface area is 161 Å². The molecule has 2 nitrogen and oxygen atoms in total. The lowest BCUT2D eigenvalue weighted by molar-refractivity contribution is -0.139. The number of hydrogen-bond acceptors (Lipinski definition) is 2. The number of ether oxygens (including phenoxy) is 1. The first-order valence-corrected chi connectivity index (χ1v) is 10.00. The molecule has 1 aliphatic rings. The van der Waals surface area contributed by atoms with E-state index in [0.717, 1.165) is 5.57 Å². The molecule has 0 N–H and O–H groups in total. The largest absolute Gasteiger partial charge is 0.461 e. The van der Waals surface area contributed by atoms with Crippen molar-refractivity contribution in [3.8, 4) is 0 Å². The molecule has 0 fully saturated rings. The molecule has 0 spiro atoms. The molecule has 0 aromatic carbocycles. The van der Waals surface area contributed by atoms with Gasteiger partial charge in [0.2, 0.25) is 0 Å². The Morgan fingerprint density at radius 2 is 1.96 bits per heavy atom. The first-order valence-electron chi connectivity index (χ1n) is 8.88. The van der Waals surface area contributed by atoms with Crippen LogP contribution in [0, 0.1) is 5.41 Å². The fourth-order valence-electron chi connectivity index (χ4n) is 3.01. The topological polar surface area (TPSA) is 26.3 Å². The van der Waals surface area contributed by atoms with Gasteiger partial charge in [-0.05, 0) is 57.1 Å². The third-order valence-corrected chi connectivity index (χ3v) is 4.99. The van der Waals surface area contributed by atoms with Gasteiger partial charge >= 0.3 is 5.97 Å². The predicted octanol–water partition coefficient (Wildman–Crippen LogP) is 6.46. The van der Waals surface area contributed by atoms with Crippen LogP contribution in [-0.4, -0.2) is 17.9 Å². The minimum absolute atomic E-state index is 0.233. The summed E-state index contributed by atoms with van der Waals surface area (Å²) in [5.41, 5.74) is 5.58. The normalized spacial score (nSPS) is 19.1. The van der Waals surface area contributed by atoms with Crippen molar-refractivity contribution in [2.75, 3.05) is 11.9 Å². The van der Waals surface area contributed by atoms with E-state index in [1.54, 1.807) is 0 Å². The molecule has 1 aliphatic carbocycles. The molecule has 0 saturated heterocycles. The number of allylic oxidation sites excluding steroid dienone is 9. The molecule has 0 aromatic heterocycles. The Balaban J connectivity index is 2.63. The van der Waals surface area contributed by atoms with E-state index in [1.165, 1.54) is 36.0 Å². The summed E-state index contributed by atoms with van der Waals surface area (Å²) in [5.74, 6) is -0.246. The number of esters is 1. The van der Waals surface area contributed by atoms with Crippen molar-refractivity contribution in [1.82, 2.24) is 0 Å². The molecule has 138 valence electrons. The van der Waals surface area contributed by atoms with Crippen LogP contribution in [0.3, 0.4) is 0 Å². The third-order valence-electron chi connectivity index (χ3n) is 4.53. The molecule has 0 saturated carbocycles. The van der Waals surface area contributed by atoms with Gasteiger partial charge in [0, 0.05) is 0 Å². The van der Waals surface area contributed by atoms with Crippen LogP contribution < -0.4 is 0 Å². The van der Waals surface area contributed by atoms with Crippen molar-refractivity contribution in [3.05, 3.63) is 58.7 Å². The Morgan fingerprint density at radius 3 is 2.60 bits per heavy atom. The predicted molar refractivity (Wildman–Crippen MR) is 111 cm³/mol. The number of alkyl halides is 1. The van der Waals surface area contributed by atoms with Gasteiger partial charge in [0.25, 0.3) is 0 Å². The highest BCUT2D eigenvalue weighted by molar-refractivity contribution is 9.09. The lowest BCUT2D eigenvalue weighted by Crippen LogP contribution is -2.19. The summed E-state index contributed by atoms with van der Waals surface area (Å²) in [4.78, 5) is 11.0. The molecule has 0 atom stereocenters. The van der Waals surface area contributed by atoms with Crippen molar-refractivity contribution in [2.45, 2.75) is 53.9 Å². The Morgan fingerprint density at radius 1 is 1.24 bits per heavy atom. The summed E-state index contributed by atoms with van der Waals surface area (Å²) in [6.07, 6.45) is 16.3. The maximum absolute atomic E-state index is 11.0. The van der Waals surface area contributed by atoms with E-state index in [0.29, 0.717) is 6.61 Å². The smallest absolute Gasteiger partial charge is 0.316 e. The summed E-state index contributed by atoms with van der Waals surface area (Å²) in [6, 6.07) is 0. The molecule has 3 heteroatoms. The highest BCUT2D eigenvalue weighted by Crippen LogP contribution is 2.40. The fourth-order valence-corrected chi connectivity index (χ4v) is 3.17. The zero-order valence-electron chi connectivity index (χ0n) is 16.2. The van der Waals surface area contributed by atoms with Crippen molar-refractivity contribution in [1.29, 1.82) is 0 Å². The van der Waals surface area contributed by atoms with Crippen LogP contribution in [-0.2, 0) is 9.53 Å². The average Bonchev–Trinajstić information content (AvgIpc) is 2.53. The zero-order chi connectivity index (χ0) is 18.9. The molecule has 0 unspecified atom stereocenters. The first-order chi connectivity index (χ1) is 11.8. The zero-order valence-corrected chi connectivity index (χ0v) is 17.8. The molecule has 25 heavy (non-hydrogen) atoms. The second-order valence-corrected chi connectivity index (χ2v) is 7.86. The van der Waals surface area contributed by atoms with Crippen LogP contribution in [0.15, 0.2) is 58.7 Å². The summed E-state index contributed by atoms with van der Waals surface area (Å²) >= 11 is 3.07. The molecular weight excluding hydrogens is 376 g/mol. The van der Waals surface area contributed by atoms with Gasteiger partial charge in [0.05, 0.1) is 0 Å². The highest BCUT2D eigenvalue weighted by atomic mass is 79.9. The van der Waals surface area contributed by atoms with Gasteiger partial charge in [-0.25, -0.2) is 0 Å². The number of carbonyl (C=O) groups excluding carboxylic acids is 1. The van der Waals surface area contributed by atoms with E-state index in [9.17, 15) is 4.79 Å². The molecule has 0 amide bonds. The quantitative estimate of drug-likeness (QED) is 0.275. The number of carbonyl (C=O) groups is 1. The first kappa shape index (κ1) is 21.7. The molecule has 0 aromatic rings. The van der Waals surface area contributed by atoms with Gasteiger partial charge in [0.1, 0.15) is 11.9 Å². The van der Waals surface area contributed by atoms with Crippen molar-refractivity contribution >= 4 is 21.9 Å². The van der Waals surface area contributed by atoms with E-state index in [4.69, 9.17) is 4.74 Å². The molecule has 0 aliphatic heterocycles. The van der Waals surface area contributed by atoms with Crippen LogP contribution in [0.5, 0.6) is 0 Å². The number of hydrogen-bond donors (Lipinski definition) is 0. The van der Waals surface area contributed by atoms with Crippen LogP contribution in [0.4, 0.5) is 0 Å². The number of rotatable bonds is 7. The lowest BCUT2D eigenvalue weighted by Gasteiger charge is -2.32. The molecule has 0 radical (unpaired) electrons. The lowest BCUT2D eigenvalue weighted by atomic mass is 9.72. The van der Waals surface area contributed by atoms with E-state index in [2.05, 4.69) is 61.9 Å². The summed E-state index contributed by atoms with van der Waals surface area (Å²) < 4.78 is 5.00. The third kappa shape index (κ3) is 8.04. The molecular formula is C22H31BrO2. The van der Waals surface area contributed by atoms with Crippen LogP contribution >= 0.6 is 15.9 Å². The van der Waals surface area contributed by atoms with E-state index >= 15 is 0 Å². The van der Waals surface area contributed by atoms with Crippen LogP contribution in [0.1, 0.15) is 53.9 Å². The Kier molecular flexibility index (Phi) is 9.20. The Bertz CT molecular complexity index is 616. The fraction of sp³-hybridized carbons (Fsp3) is 0.500. The standard InChI is InChI=1S/C22H31BrO2/c1-17(8-6-9-18(2)13-15-25-21(24)16-23)11-12-20-19(3)10-7-14-22(20,4)5/h6,8-9,11-13H,7,10,14-16H2,1-5H3/b9-6-,12-11?,17-8?,18-13?. The van der Waals surface area contributed by atoms with E-state index in [1.807, 2.05) is 25.2 Å².